The molecule has 0 saturated carbocycles. The molecule has 1 amide bonds. The highest BCUT2D eigenvalue weighted by Gasteiger charge is 2.38. The lowest BCUT2D eigenvalue weighted by atomic mass is 10.1. The number of nitrogens with zero attached hydrogens (tertiary/aromatic N) is 6. The molecule has 5 heterocycles. The van der Waals surface area contributed by atoms with Gasteiger partial charge in [0.25, 0.3) is 5.91 Å². The van der Waals surface area contributed by atoms with Gasteiger partial charge < -0.3 is 15.8 Å². The van der Waals surface area contributed by atoms with Gasteiger partial charge in [0.1, 0.15) is 23.6 Å². The van der Waals surface area contributed by atoms with E-state index >= 15 is 0 Å². The Morgan fingerprint density at radius 1 is 1.28 bits per heavy atom. The van der Waals surface area contributed by atoms with Crippen molar-refractivity contribution in [1.29, 1.82) is 0 Å². The van der Waals surface area contributed by atoms with E-state index in [0.717, 1.165) is 27.6 Å². The van der Waals surface area contributed by atoms with E-state index in [9.17, 15) is 22.4 Å². The number of carbonyl (C=O) groups excluding carboxylic acids is 1. The van der Waals surface area contributed by atoms with Crippen molar-refractivity contribution < 1.29 is 27.1 Å². The first-order valence-corrected chi connectivity index (χ1v) is 12.7. The molecule has 1 aliphatic heterocycles. The van der Waals surface area contributed by atoms with Crippen molar-refractivity contribution in [3.8, 4) is 17.1 Å². The zero-order valence-electron chi connectivity index (χ0n) is 21.0. The molecule has 1 saturated heterocycles. The number of hydrogen-bond acceptors (Lipinski definition) is 9. The van der Waals surface area contributed by atoms with Crippen LogP contribution in [0.25, 0.3) is 16.8 Å². The molecule has 4 aromatic rings. The lowest BCUT2D eigenvalue weighted by Crippen LogP contribution is -2.41. The number of aryl methyl sites for hydroxylation is 1. The minimum atomic E-state index is -4.73. The summed E-state index contributed by atoms with van der Waals surface area (Å²) in [7, 11) is 1.30. The topological polar surface area (TPSA) is 124 Å². The summed E-state index contributed by atoms with van der Waals surface area (Å²) in [6.07, 6.45) is -3.80. The Hall–Kier alpha value is -3.85. The molecule has 206 valence electrons. The highest BCUT2D eigenvalue weighted by molar-refractivity contribution is 7.09. The molecule has 3 N–H and O–H groups in total. The Bertz CT molecular complexity index is 1540. The van der Waals surface area contributed by atoms with Crippen LogP contribution in [0.4, 0.5) is 23.4 Å². The highest BCUT2D eigenvalue weighted by atomic mass is 32.1. The van der Waals surface area contributed by atoms with Crippen LogP contribution in [0.2, 0.25) is 0 Å². The van der Waals surface area contributed by atoms with Gasteiger partial charge in [-0.05, 0) is 26.0 Å². The molecule has 0 aliphatic carbocycles. The van der Waals surface area contributed by atoms with Crippen LogP contribution in [0.5, 0.6) is 5.88 Å². The molecule has 4 aromatic heterocycles. The van der Waals surface area contributed by atoms with Gasteiger partial charge in [-0.3, -0.25) is 9.69 Å². The number of hydrogen-bond donors (Lipinski definition) is 2. The van der Waals surface area contributed by atoms with Gasteiger partial charge in [-0.25, -0.2) is 23.9 Å². The predicted molar refractivity (Wildman–Crippen MR) is 135 cm³/mol. The summed E-state index contributed by atoms with van der Waals surface area (Å²) < 4.78 is 62.4. The molecule has 10 nitrogen and oxygen atoms in total. The largest absolute Gasteiger partial charge is 0.480 e. The van der Waals surface area contributed by atoms with Crippen molar-refractivity contribution in [2.45, 2.75) is 38.3 Å². The average molecular weight is 565 g/mol. The fourth-order valence-corrected chi connectivity index (χ4v) is 5.36. The number of rotatable bonds is 6. The highest BCUT2D eigenvalue weighted by Crippen LogP contribution is 2.39. The van der Waals surface area contributed by atoms with Crippen LogP contribution in [0.1, 0.15) is 39.6 Å². The van der Waals surface area contributed by atoms with Gasteiger partial charge in [-0.15, -0.1) is 11.3 Å². The van der Waals surface area contributed by atoms with Crippen molar-refractivity contribution in [1.82, 2.24) is 34.8 Å². The fraction of sp³-hybridized carbons (Fsp3) is 0.375. The molecule has 3 atom stereocenters. The summed E-state index contributed by atoms with van der Waals surface area (Å²) in [5, 5.41) is 9.44. The van der Waals surface area contributed by atoms with E-state index in [2.05, 4.69) is 25.4 Å². The number of methoxy groups -OCH3 is 1. The van der Waals surface area contributed by atoms with Crippen LogP contribution in [0.3, 0.4) is 0 Å². The van der Waals surface area contributed by atoms with Gasteiger partial charge in [0.15, 0.2) is 5.82 Å². The normalized spacial score (nSPS) is 18.9. The molecular formula is C24H24F4N8O2S. The summed E-state index contributed by atoms with van der Waals surface area (Å²) in [6, 6.07) is 1.21. The van der Waals surface area contributed by atoms with Crippen LogP contribution in [0, 0.1) is 6.92 Å². The van der Waals surface area contributed by atoms with Crippen molar-refractivity contribution in [3.05, 3.63) is 51.9 Å². The molecule has 1 aliphatic rings. The summed E-state index contributed by atoms with van der Waals surface area (Å²) in [5.41, 5.74) is 5.16. The number of fused-ring (bicyclic) bond motifs is 1. The number of nitrogen functional groups attached to an aromatic ring is 1. The summed E-state index contributed by atoms with van der Waals surface area (Å²) in [4.78, 5) is 27.4. The maximum Gasteiger partial charge on any atom is 0.418 e. The predicted octanol–water partition coefficient (Wildman–Crippen LogP) is 3.68. The Morgan fingerprint density at radius 2 is 2.05 bits per heavy atom. The molecule has 1 fully saturated rings. The molecule has 39 heavy (non-hydrogen) atoms. The van der Waals surface area contributed by atoms with E-state index in [4.69, 9.17) is 10.5 Å². The molecular weight excluding hydrogens is 540 g/mol. The van der Waals surface area contributed by atoms with Gasteiger partial charge in [-0.2, -0.15) is 18.3 Å². The average Bonchev–Trinajstić information content (AvgIpc) is 3.60. The molecule has 1 unspecified atom stereocenters. The SMILES string of the molecule is COc1ncc(-c2cc(C(F)(F)F)c3c(N)ncnn23)cc1C(=O)N[C@@H]1CN(C(C)c2csc(C)n2)C[C@@H]1F. The number of amides is 1. The number of nitrogens with one attached hydrogen (secondary N) is 1. The minimum absolute atomic E-state index is 0.0154. The fourth-order valence-electron chi connectivity index (χ4n) is 4.66. The quantitative estimate of drug-likeness (QED) is 0.340. The minimum Gasteiger partial charge on any atom is -0.480 e. The third-order valence-corrected chi connectivity index (χ3v) is 7.47. The number of halogens is 4. The van der Waals surface area contributed by atoms with E-state index in [1.807, 2.05) is 24.1 Å². The molecule has 15 heteroatoms. The van der Waals surface area contributed by atoms with Gasteiger partial charge in [0.05, 0.1) is 41.2 Å². The Labute approximate surface area is 223 Å². The van der Waals surface area contributed by atoms with Crippen molar-refractivity contribution in [2.75, 3.05) is 25.9 Å². The number of nitrogens with two attached hydrogens (primary N) is 1. The second-order valence-corrected chi connectivity index (χ2v) is 10.2. The third kappa shape index (κ3) is 4.98. The Balaban J connectivity index is 1.44. The van der Waals surface area contributed by atoms with E-state index in [1.54, 1.807) is 0 Å². The molecule has 0 bridgehead atoms. The van der Waals surface area contributed by atoms with Crippen LogP contribution in [0.15, 0.2) is 30.0 Å². The van der Waals surface area contributed by atoms with Crippen molar-refractivity contribution in [2.24, 2.45) is 0 Å². The Kier molecular flexibility index (Phi) is 6.88. The smallest absolute Gasteiger partial charge is 0.418 e. The van der Waals surface area contributed by atoms with Crippen LogP contribution >= 0.6 is 11.3 Å². The van der Waals surface area contributed by atoms with Crippen molar-refractivity contribution in [3.63, 3.8) is 0 Å². The molecule has 0 radical (unpaired) electrons. The van der Waals surface area contributed by atoms with E-state index in [1.165, 1.54) is 30.7 Å². The number of alkyl halides is 4. The second-order valence-electron chi connectivity index (χ2n) is 9.14. The maximum atomic E-state index is 15.0. The lowest BCUT2D eigenvalue weighted by molar-refractivity contribution is -0.136. The zero-order chi connectivity index (χ0) is 28.1. The summed E-state index contributed by atoms with van der Waals surface area (Å²) >= 11 is 1.51. The van der Waals surface area contributed by atoms with Gasteiger partial charge >= 0.3 is 6.18 Å². The number of carbonyl (C=O) groups is 1. The molecule has 5 rings (SSSR count). The van der Waals surface area contributed by atoms with E-state index < -0.39 is 35.4 Å². The molecule has 0 spiro atoms. The Morgan fingerprint density at radius 3 is 2.72 bits per heavy atom. The number of anilines is 1. The number of aromatic nitrogens is 5. The maximum absolute atomic E-state index is 15.0. The lowest BCUT2D eigenvalue weighted by Gasteiger charge is -2.22. The van der Waals surface area contributed by atoms with Crippen LogP contribution in [-0.2, 0) is 6.18 Å². The third-order valence-electron chi connectivity index (χ3n) is 6.68. The van der Waals surface area contributed by atoms with Crippen LogP contribution < -0.4 is 15.8 Å². The number of likely N-dealkylation sites (tertiary alicyclic amines) is 1. The summed E-state index contributed by atoms with van der Waals surface area (Å²) in [6.45, 7) is 4.17. The van der Waals surface area contributed by atoms with Crippen LogP contribution in [-0.4, -0.2) is 67.8 Å². The van der Waals surface area contributed by atoms with E-state index in [0.29, 0.717) is 0 Å². The van der Waals surface area contributed by atoms with Gasteiger partial charge in [-0.1, -0.05) is 0 Å². The molecule has 0 aromatic carbocycles. The van der Waals surface area contributed by atoms with Crippen molar-refractivity contribution >= 4 is 28.6 Å². The number of ether oxygens (including phenoxy) is 1. The first-order valence-electron chi connectivity index (χ1n) is 11.8. The zero-order valence-corrected chi connectivity index (χ0v) is 21.8. The number of pyridine rings is 1. The first-order chi connectivity index (χ1) is 18.5. The van der Waals surface area contributed by atoms with Gasteiger partial charge in [0, 0.05) is 30.2 Å². The van der Waals surface area contributed by atoms with E-state index in [-0.39, 0.29) is 47.7 Å². The standard InChI is InChI=1S/C24H24F4N8O2S/c1-11(18-9-39-12(2)33-18)35-7-16(25)17(8-35)34-22(37)14-4-13(6-30-23(14)38-3)19-5-15(24(26,27)28)20-21(29)31-10-32-36(19)20/h4-6,9-11,16-17H,7-8H2,1-3H3,(H,34,37)(H2,29,31,32)/t11?,16-,17+/m0/s1. The number of thiazole rings is 1. The van der Waals surface area contributed by atoms with Gasteiger partial charge in [0.2, 0.25) is 5.88 Å². The summed E-state index contributed by atoms with van der Waals surface area (Å²) in [5.74, 6) is -1.11. The first kappa shape index (κ1) is 26.7. The monoisotopic (exact) mass is 564 g/mol. The second kappa shape index (κ2) is 10.0.